The summed E-state index contributed by atoms with van der Waals surface area (Å²) in [4.78, 5) is 4.43. The van der Waals surface area contributed by atoms with Crippen LogP contribution in [0.25, 0.3) is 16.6 Å². The summed E-state index contributed by atoms with van der Waals surface area (Å²) in [5, 5.41) is 0. The van der Waals surface area contributed by atoms with E-state index in [1.807, 2.05) is 0 Å². The zero-order chi connectivity index (χ0) is 16.7. The van der Waals surface area contributed by atoms with Gasteiger partial charge in [-0.25, -0.2) is 17.8 Å². The van der Waals surface area contributed by atoms with Gasteiger partial charge in [0.15, 0.2) is 5.82 Å². The maximum atomic E-state index is 13.5. The number of nitrogens with zero attached hydrogens (tertiary/aromatic N) is 2. The Labute approximate surface area is 137 Å². The molecule has 0 aliphatic heterocycles. The lowest BCUT2D eigenvalue weighted by molar-refractivity contribution is 0.601. The van der Waals surface area contributed by atoms with E-state index in [1.165, 1.54) is 24.3 Å². The Morgan fingerprint density at radius 3 is 2.54 bits per heavy atom. The van der Waals surface area contributed by atoms with E-state index in [9.17, 15) is 12.8 Å². The molecule has 0 aliphatic rings. The Kier molecular flexibility index (Phi) is 3.24. The van der Waals surface area contributed by atoms with Crippen LogP contribution in [0.15, 0.2) is 71.8 Å². The van der Waals surface area contributed by atoms with Gasteiger partial charge in [-0.3, -0.25) is 4.72 Å². The first-order chi connectivity index (χ1) is 11.5. The highest BCUT2D eigenvalue weighted by molar-refractivity contribution is 7.92. The van der Waals surface area contributed by atoms with Crippen molar-refractivity contribution >= 4 is 32.4 Å². The lowest BCUT2D eigenvalue weighted by Gasteiger charge is -2.11. The van der Waals surface area contributed by atoms with Crippen LogP contribution in [0.4, 0.5) is 10.2 Å². The molecule has 2 aromatic carbocycles. The second-order valence-corrected chi connectivity index (χ2v) is 6.96. The predicted molar refractivity (Wildman–Crippen MR) is 89.9 cm³/mol. The first-order valence-electron chi connectivity index (χ1n) is 7.19. The van der Waals surface area contributed by atoms with Gasteiger partial charge in [0.1, 0.15) is 5.82 Å². The molecular formula is C17H12FN3O2S. The summed E-state index contributed by atoms with van der Waals surface area (Å²) < 4.78 is 42.8. The Balaban J connectivity index is 1.91. The molecule has 4 aromatic rings. The summed E-state index contributed by atoms with van der Waals surface area (Å²) in [5.74, 6) is -0.277. The summed E-state index contributed by atoms with van der Waals surface area (Å²) in [5.41, 5.74) is 1.65. The third-order valence-corrected chi connectivity index (χ3v) is 5.06. The van der Waals surface area contributed by atoms with Crippen molar-refractivity contribution in [1.82, 2.24) is 9.38 Å². The molecule has 0 fully saturated rings. The molecule has 0 spiro atoms. The molecule has 2 aromatic heterocycles. The second-order valence-electron chi connectivity index (χ2n) is 5.28. The number of rotatable bonds is 3. The van der Waals surface area contributed by atoms with E-state index >= 15 is 0 Å². The van der Waals surface area contributed by atoms with Crippen LogP contribution in [0.5, 0.6) is 0 Å². The molecule has 0 saturated carbocycles. The standard InChI is InChI=1S/C17H12FN3O2S/c18-12-8-9-15-14(11-12)19-17(16-7-4-10-21(15)16)20-24(22,23)13-5-2-1-3-6-13/h1-11H,(H,19,20). The average Bonchev–Trinajstić information content (AvgIpc) is 3.05. The maximum Gasteiger partial charge on any atom is 0.263 e. The summed E-state index contributed by atoms with van der Waals surface area (Å²) in [6, 6.07) is 15.8. The zero-order valence-corrected chi connectivity index (χ0v) is 13.2. The van der Waals surface area contributed by atoms with E-state index in [0.717, 1.165) is 0 Å². The number of aromatic nitrogens is 2. The molecule has 0 saturated heterocycles. The number of anilines is 1. The molecule has 1 N–H and O–H groups in total. The zero-order valence-electron chi connectivity index (χ0n) is 12.3. The number of nitrogens with one attached hydrogen (secondary N) is 1. The normalized spacial score (nSPS) is 11.9. The second kappa shape index (κ2) is 5.31. The molecule has 7 heteroatoms. The van der Waals surface area contributed by atoms with Crippen molar-refractivity contribution in [1.29, 1.82) is 0 Å². The fraction of sp³-hybridized carbons (Fsp3) is 0. The van der Waals surface area contributed by atoms with E-state index in [4.69, 9.17) is 0 Å². The number of fused-ring (bicyclic) bond motifs is 3. The fourth-order valence-corrected chi connectivity index (χ4v) is 3.65. The minimum Gasteiger partial charge on any atom is -0.312 e. The van der Waals surface area contributed by atoms with Gasteiger partial charge in [-0.15, -0.1) is 0 Å². The molecule has 0 radical (unpaired) electrons. The Bertz CT molecular complexity index is 1150. The van der Waals surface area contributed by atoms with Gasteiger partial charge in [0.05, 0.1) is 21.4 Å². The summed E-state index contributed by atoms with van der Waals surface area (Å²) in [6.07, 6.45) is 1.78. The molecule has 0 amide bonds. The molecule has 0 aliphatic carbocycles. The van der Waals surface area contributed by atoms with Crippen LogP contribution < -0.4 is 4.72 Å². The lowest BCUT2D eigenvalue weighted by Crippen LogP contribution is -2.14. The van der Waals surface area contributed by atoms with E-state index < -0.39 is 15.8 Å². The quantitative estimate of drug-likeness (QED) is 0.621. The van der Waals surface area contributed by atoms with Crippen LogP contribution in [-0.4, -0.2) is 17.8 Å². The average molecular weight is 341 g/mol. The summed E-state index contributed by atoms with van der Waals surface area (Å²) in [6.45, 7) is 0. The van der Waals surface area contributed by atoms with Crippen molar-refractivity contribution in [2.75, 3.05) is 4.72 Å². The SMILES string of the molecule is O=S(=O)(Nc1nc2cc(F)ccc2n2cccc12)c1ccccc1. The van der Waals surface area contributed by atoms with Gasteiger partial charge < -0.3 is 4.40 Å². The predicted octanol–water partition coefficient (Wildman–Crippen LogP) is 3.43. The Morgan fingerprint density at radius 2 is 1.75 bits per heavy atom. The molecule has 120 valence electrons. The maximum absolute atomic E-state index is 13.5. The monoisotopic (exact) mass is 341 g/mol. The topological polar surface area (TPSA) is 63.5 Å². The van der Waals surface area contributed by atoms with Gasteiger partial charge in [-0.1, -0.05) is 18.2 Å². The largest absolute Gasteiger partial charge is 0.312 e. The van der Waals surface area contributed by atoms with Crippen molar-refractivity contribution in [3.8, 4) is 0 Å². The number of hydrogen-bond acceptors (Lipinski definition) is 3. The smallest absolute Gasteiger partial charge is 0.263 e. The summed E-state index contributed by atoms with van der Waals surface area (Å²) in [7, 11) is -3.78. The number of benzene rings is 2. The van der Waals surface area contributed by atoms with E-state index in [1.54, 1.807) is 47.0 Å². The Hall–Kier alpha value is -2.93. The molecule has 0 atom stereocenters. The Morgan fingerprint density at radius 1 is 0.958 bits per heavy atom. The van der Waals surface area contributed by atoms with Crippen LogP contribution in [-0.2, 0) is 10.0 Å². The van der Waals surface area contributed by atoms with Crippen molar-refractivity contribution in [2.45, 2.75) is 4.90 Å². The summed E-state index contributed by atoms with van der Waals surface area (Å²) >= 11 is 0. The molecule has 24 heavy (non-hydrogen) atoms. The first-order valence-corrected chi connectivity index (χ1v) is 8.67. The fourth-order valence-electron chi connectivity index (χ4n) is 2.61. The molecule has 0 unspecified atom stereocenters. The van der Waals surface area contributed by atoms with Crippen molar-refractivity contribution in [3.63, 3.8) is 0 Å². The van der Waals surface area contributed by atoms with E-state index in [-0.39, 0.29) is 10.7 Å². The first kappa shape index (κ1) is 14.6. The van der Waals surface area contributed by atoms with E-state index in [2.05, 4.69) is 9.71 Å². The highest BCUT2D eigenvalue weighted by Gasteiger charge is 2.17. The van der Waals surface area contributed by atoms with Gasteiger partial charge in [-0.05, 0) is 36.4 Å². The molecule has 0 bridgehead atoms. The lowest BCUT2D eigenvalue weighted by atomic mass is 10.3. The third kappa shape index (κ3) is 2.39. The molecule has 5 nitrogen and oxygen atoms in total. The number of sulfonamides is 1. The third-order valence-electron chi connectivity index (χ3n) is 3.71. The number of halogens is 1. The van der Waals surface area contributed by atoms with E-state index in [0.29, 0.717) is 16.6 Å². The van der Waals surface area contributed by atoms with Crippen LogP contribution in [0.2, 0.25) is 0 Å². The van der Waals surface area contributed by atoms with Crippen molar-refractivity contribution < 1.29 is 12.8 Å². The molecule has 4 rings (SSSR count). The van der Waals surface area contributed by atoms with Gasteiger partial charge in [-0.2, -0.15) is 0 Å². The van der Waals surface area contributed by atoms with Crippen molar-refractivity contribution in [3.05, 3.63) is 72.7 Å². The minimum absolute atomic E-state index is 0.135. The van der Waals surface area contributed by atoms with Crippen molar-refractivity contribution in [2.24, 2.45) is 0 Å². The van der Waals surface area contributed by atoms with Crippen LogP contribution in [0.1, 0.15) is 0 Å². The van der Waals surface area contributed by atoms with Gasteiger partial charge in [0.25, 0.3) is 10.0 Å². The van der Waals surface area contributed by atoms with Gasteiger partial charge in [0, 0.05) is 12.3 Å². The van der Waals surface area contributed by atoms with Gasteiger partial charge in [0.2, 0.25) is 0 Å². The van der Waals surface area contributed by atoms with Crippen LogP contribution >= 0.6 is 0 Å². The number of hydrogen-bond donors (Lipinski definition) is 1. The minimum atomic E-state index is -3.78. The van der Waals surface area contributed by atoms with Crippen LogP contribution in [0, 0.1) is 5.82 Å². The molecule has 2 heterocycles. The van der Waals surface area contributed by atoms with Gasteiger partial charge >= 0.3 is 0 Å². The molecular weight excluding hydrogens is 329 g/mol. The highest BCUT2D eigenvalue weighted by atomic mass is 32.2. The van der Waals surface area contributed by atoms with Crippen LogP contribution in [0.3, 0.4) is 0 Å². The highest BCUT2D eigenvalue weighted by Crippen LogP contribution is 2.25.